The highest BCUT2D eigenvalue weighted by Crippen LogP contribution is 2.28. The summed E-state index contributed by atoms with van der Waals surface area (Å²) in [5, 5.41) is 9.46. The molecule has 0 spiro atoms. The molecule has 10 heteroatoms. The fourth-order valence-electron chi connectivity index (χ4n) is 3.73. The van der Waals surface area contributed by atoms with Gasteiger partial charge >= 0.3 is 0 Å². The molecule has 1 atom stereocenters. The van der Waals surface area contributed by atoms with E-state index in [2.05, 4.69) is 20.8 Å². The van der Waals surface area contributed by atoms with Crippen LogP contribution in [0.25, 0.3) is 0 Å². The molecule has 0 radical (unpaired) electrons. The van der Waals surface area contributed by atoms with Gasteiger partial charge in [0, 0.05) is 11.1 Å². The third kappa shape index (κ3) is 4.64. The maximum absolute atomic E-state index is 13.9. The van der Waals surface area contributed by atoms with E-state index in [0.717, 1.165) is 12.1 Å². The predicted molar refractivity (Wildman–Crippen MR) is 125 cm³/mol. The number of amides is 1. The lowest BCUT2D eigenvalue weighted by Crippen LogP contribution is -2.43. The van der Waals surface area contributed by atoms with E-state index in [1.165, 1.54) is 12.3 Å². The van der Waals surface area contributed by atoms with Crippen LogP contribution in [-0.2, 0) is 9.63 Å². The number of rotatable bonds is 6. The summed E-state index contributed by atoms with van der Waals surface area (Å²) in [5.74, 6) is -2.40. The van der Waals surface area contributed by atoms with E-state index < -0.39 is 34.7 Å². The summed E-state index contributed by atoms with van der Waals surface area (Å²) < 4.78 is 33.7. The van der Waals surface area contributed by atoms with Gasteiger partial charge < -0.3 is 20.2 Å². The van der Waals surface area contributed by atoms with Gasteiger partial charge in [0.1, 0.15) is 28.8 Å². The van der Waals surface area contributed by atoms with Gasteiger partial charge in [-0.1, -0.05) is 11.2 Å². The normalized spacial score (nSPS) is 18.6. The number of hydrogen-bond acceptors (Lipinski definition) is 7. The Bertz CT molecular complexity index is 1280. The molecule has 0 saturated carbocycles. The van der Waals surface area contributed by atoms with E-state index in [9.17, 15) is 18.4 Å². The number of nitrogens with zero attached hydrogens (tertiary/aromatic N) is 2. The summed E-state index contributed by atoms with van der Waals surface area (Å²) in [7, 11) is 0. The number of oxime groups is 1. The molecule has 2 heterocycles. The summed E-state index contributed by atoms with van der Waals surface area (Å²) in [5.41, 5.74) is 0.205. The fourth-order valence-corrected chi connectivity index (χ4v) is 3.73. The van der Waals surface area contributed by atoms with Crippen LogP contribution >= 0.6 is 0 Å². The van der Waals surface area contributed by atoms with Gasteiger partial charge in [-0.25, -0.2) is 8.78 Å². The summed E-state index contributed by atoms with van der Waals surface area (Å²) in [6.07, 6.45) is 1.35. The molecule has 35 heavy (non-hydrogen) atoms. The van der Waals surface area contributed by atoms with Crippen LogP contribution in [0, 0.1) is 11.6 Å². The van der Waals surface area contributed by atoms with E-state index in [0.29, 0.717) is 29.2 Å². The topological polar surface area (TPSA) is 101 Å². The van der Waals surface area contributed by atoms with E-state index in [-0.39, 0.29) is 17.3 Å². The molecule has 0 bridgehead atoms. The van der Waals surface area contributed by atoms with Crippen molar-refractivity contribution in [2.24, 2.45) is 10.1 Å². The molecule has 1 amide bonds. The van der Waals surface area contributed by atoms with Crippen LogP contribution in [-0.4, -0.2) is 41.4 Å². The Kier molecular flexibility index (Phi) is 6.38. The molecule has 0 fully saturated rings. The average Bonchev–Trinajstić information content (AvgIpc) is 3.07. The van der Waals surface area contributed by atoms with Gasteiger partial charge in [-0.15, -0.1) is 0 Å². The van der Waals surface area contributed by atoms with Gasteiger partial charge in [-0.05, 0) is 58.0 Å². The first-order chi connectivity index (χ1) is 16.6. The summed E-state index contributed by atoms with van der Waals surface area (Å²) in [4.78, 5) is 34.8. The molecule has 2 N–H and O–H groups in total. The van der Waals surface area contributed by atoms with Gasteiger partial charge in [0.05, 0.1) is 24.6 Å². The number of carbonyl (C=O) groups is 2. The molecule has 2 aliphatic heterocycles. The van der Waals surface area contributed by atoms with E-state index in [1.54, 1.807) is 39.0 Å². The average molecular weight is 482 g/mol. The van der Waals surface area contributed by atoms with Crippen molar-refractivity contribution in [3.63, 3.8) is 0 Å². The minimum absolute atomic E-state index is 0.175. The molecular formula is C25H24F2N4O4. The van der Waals surface area contributed by atoms with Crippen molar-refractivity contribution in [2.75, 3.05) is 6.61 Å². The largest absolute Gasteiger partial charge is 0.493 e. The Morgan fingerprint density at radius 2 is 1.94 bits per heavy atom. The lowest BCUT2D eigenvalue weighted by molar-refractivity contribution is -0.128. The Hall–Kier alpha value is -4.08. The molecule has 2 aliphatic rings. The van der Waals surface area contributed by atoms with Crippen LogP contribution in [0.2, 0.25) is 0 Å². The monoisotopic (exact) mass is 482 g/mol. The van der Waals surface area contributed by atoms with Gasteiger partial charge in [0.2, 0.25) is 5.78 Å². The highest BCUT2D eigenvalue weighted by molar-refractivity contribution is 6.49. The molecule has 0 saturated heterocycles. The highest BCUT2D eigenvalue weighted by atomic mass is 19.1. The predicted octanol–water partition coefficient (Wildman–Crippen LogP) is 3.46. The van der Waals surface area contributed by atoms with E-state index >= 15 is 0 Å². The Balaban J connectivity index is 1.65. The van der Waals surface area contributed by atoms with Crippen LogP contribution in [0.3, 0.4) is 0 Å². The molecule has 8 nitrogen and oxygen atoms in total. The smallest absolute Gasteiger partial charge is 0.262 e. The third-order valence-corrected chi connectivity index (χ3v) is 5.51. The van der Waals surface area contributed by atoms with Crippen molar-refractivity contribution < 1.29 is 27.9 Å². The Labute approximate surface area is 200 Å². The van der Waals surface area contributed by atoms with Crippen molar-refractivity contribution in [1.29, 1.82) is 0 Å². The molecular weight excluding hydrogens is 458 g/mol. The van der Waals surface area contributed by atoms with E-state index in [1.807, 2.05) is 6.92 Å². The minimum atomic E-state index is -1.04. The zero-order valence-corrected chi connectivity index (χ0v) is 19.6. The maximum Gasteiger partial charge on any atom is 0.262 e. The number of hydrogen-bond donors (Lipinski definition) is 2. The van der Waals surface area contributed by atoms with Crippen LogP contribution in [0.4, 0.5) is 8.78 Å². The summed E-state index contributed by atoms with van der Waals surface area (Å²) in [6, 6.07) is 7.97. The molecule has 182 valence electrons. The van der Waals surface area contributed by atoms with Crippen molar-refractivity contribution in [3.8, 4) is 5.75 Å². The zero-order valence-electron chi connectivity index (χ0n) is 19.6. The standard InChI is InChI=1S/C25H24F2N4O4/c1-5-34-18-10-9-14(22-23(32)25(3,4)35-31-22)11-15(18)21-13(2)29-19(12-28-21)30-24(33)20-16(26)7-6-8-17(20)27/h6-13,29H,5H2,1-4H3,(H,30,33). The second kappa shape index (κ2) is 9.28. The molecule has 0 aromatic heterocycles. The number of nitrogens with one attached hydrogen (secondary N) is 2. The molecule has 2 aromatic rings. The Morgan fingerprint density at radius 3 is 2.54 bits per heavy atom. The number of ether oxygens (including phenoxy) is 1. The van der Waals surface area contributed by atoms with Gasteiger partial charge in [0.25, 0.3) is 5.91 Å². The molecule has 4 rings (SSSR count). The van der Waals surface area contributed by atoms with Crippen LogP contribution < -0.4 is 15.4 Å². The highest BCUT2D eigenvalue weighted by Gasteiger charge is 2.40. The zero-order chi connectivity index (χ0) is 25.3. The second-order valence-electron chi connectivity index (χ2n) is 8.49. The molecule has 2 aromatic carbocycles. The maximum atomic E-state index is 13.9. The minimum Gasteiger partial charge on any atom is -0.493 e. The fraction of sp³-hybridized carbons (Fsp3) is 0.280. The van der Waals surface area contributed by atoms with Crippen LogP contribution in [0.1, 0.15) is 49.2 Å². The van der Waals surface area contributed by atoms with Gasteiger partial charge in [-0.3, -0.25) is 14.6 Å². The summed E-state index contributed by atoms with van der Waals surface area (Å²) in [6.45, 7) is 7.34. The molecule has 0 aliphatic carbocycles. The van der Waals surface area contributed by atoms with Crippen molar-refractivity contribution >= 4 is 23.1 Å². The number of carbonyl (C=O) groups excluding carboxylic acids is 2. The lowest BCUT2D eigenvalue weighted by Gasteiger charge is -2.25. The number of halogens is 2. The first kappa shape index (κ1) is 24.1. The first-order valence-corrected chi connectivity index (χ1v) is 11.0. The number of Topliss-reactive ketones (excluding diaryl/α,β-unsaturated/α-hetero) is 1. The van der Waals surface area contributed by atoms with Crippen molar-refractivity contribution in [3.05, 3.63) is 76.7 Å². The second-order valence-corrected chi connectivity index (χ2v) is 8.49. The quantitative estimate of drug-likeness (QED) is 0.657. The van der Waals surface area contributed by atoms with Crippen molar-refractivity contribution in [1.82, 2.24) is 10.6 Å². The van der Waals surface area contributed by atoms with Crippen LogP contribution in [0.15, 0.2) is 58.6 Å². The number of ketones is 1. The van der Waals surface area contributed by atoms with Gasteiger partial charge in [0.15, 0.2) is 11.3 Å². The third-order valence-electron chi connectivity index (χ3n) is 5.51. The van der Waals surface area contributed by atoms with Crippen molar-refractivity contribution in [2.45, 2.75) is 39.3 Å². The van der Waals surface area contributed by atoms with Gasteiger partial charge in [-0.2, -0.15) is 0 Å². The number of benzene rings is 2. The summed E-state index contributed by atoms with van der Waals surface area (Å²) >= 11 is 0. The number of aliphatic imine (C=N–C) groups is 1. The SMILES string of the molecule is CCOc1ccc(C2=NOC(C)(C)C2=O)cc1C1=NC=C(NC(=O)c2c(F)cccc2F)NC1C. The lowest BCUT2D eigenvalue weighted by atomic mass is 9.93. The molecule has 1 unspecified atom stereocenters. The first-order valence-electron chi connectivity index (χ1n) is 11.0. The van der Waals surface area contributed by atoms with E-state index in [4.69, 9.17) is 9.57 Å². The Morgan fingerprint density at radius 1 is 1.23 bits per heavy atom. The van der Waals surface area contributed by atoms with Crippen LogP contribution in [0.5, 0.6) is 5.75 Å².